The van der Waals surface area contributed by atoms with Gasteiger partial charge in [-0.1, -0.05) is 11.6 Å². The maximum Gasteiger partial charge on any atom is 0.227 e. The van der Waals surface area contributed by atoms with Crippen LogP contribution in [0.25, 0.3) is 0 Å². The molecule has 6 heteroatoms. The summed E-state index contributed by atoms with van der Waals surface area (Å²) in [6, 6.07) is 5.14. The summed E-state index contributed by atoms with van der Waals surface area (Å²) < 4.78 is 5.24. The Labute approximate surface area is 140 Å². The quantitative estimate of drug-likeness (QED) is 0.919. The number of ether oxygens (including phenoxy) is 1. The standard InChI is InChI=1S/C17H21ClN2O3/c1-23-15-5-4-13(18)10-14(15)19-16(21)11-6-8-20(9-7-11)17(22)12-2-3-12/h4-5,10-12H,2-3,6-9H2,1H3,(H,19,21). The van der Waals surface area contributed by atoms with Gasteiger partial charge in [-0.25, -0.2) is 0 Å². The van der Waals surface area contributed by atoms with Crippen LogP contribution in [0.2, 0.25) is 5.02 Å². The molecule has 0 unspecified atom stereocenters. The number of hydrogen-bond acceptors (Lipinski definition) is 3. The second-order valence-corrected chi connectivity index (χ2v) is 6.64. The van der Waals surface area contributed by atoms with Crippen LogP contribution in [-0.4, -0.2) is 36.9 Å². The van der Waals surface area contributed by atoms with E-state index in [-0.39, 0.29) is 23.7 Å². The number of halogens is 1. The second kappa shape index (κ2) is 6.79. The number of benzene rings is 1. The van der Waals surface area contributed by atoms with Crippen LogP contribution >= 0.6 is 11.6 Å². The SMILES string of the molecule is COc1ccc(Cl)cc1NC(=O)C1CCN(C(=O)C2CC2)CC1. The summed E-state index contributed by atoms with van der Waals surface area (Å²) in [5, 5.41) is 3.45. The van der Waals surface area contributed by atoms with Gasteiger partial charge in [0.05, 0.1) is 12.8 Å². The molecular formula is C17H21ClN2O3. The molecule has 2 fully saturated rings. The fourth-order valence-electron chi connectivity index (χ4n) is 2.96. The monoisotopic (exact) mass is 336 g/mol. The molecule has 1 aromatic carbocycles. The molecule has 1 aliphatic heterocycles. The molecule has 0 spiro atoms. The lowest BCUT2D eigenvalue weighted by molar-refractivity contribution is -0.135. The van der Waals surface area contributed by atoms with Gasteiger partial charge < -0.3 is 15.0 Å². The average Bonchev–Trinajstić information content (AvgIpc) is 3.39. The molecule has 3 rings (SSSR count). The molecule has 5 nitrogen and oxygen atoms in total. The maximum atomic E-state index is 12.5. The molecule has 0 radical (unpaired) electrons. The Morgan fingerprint density at radius 2 is 1.87 bits per heavy atom. The van der Waals surface area contributed by atoms with Gasteiger partial charge in [0, 0.05) is 29.9 Å². The lowest BCUT2D eigenvalue weighted by Gasteiger charge is -2.31. The molecule has 1 saturated heterocycles. The first-order valence-corrected chi connectivity index (χ1v) is 8.39. The molecule has 1 heterocycles. The smallest absolute Gasteiger partial charge is 0.227 e. The normalized spacial score (nSPS) is 18.6. The summed E-state index contributed by atoms with van der Waals surface area (Å²) in [6.07, 6.45) is 3.45. The maximum absolute atomic E-state index is 12.5. The summed E-state index contributed by atoms with van der Waals surface area (Å²) in [4.78, 5) is 26.4. The number of likely N-dealkylation sites (tertiary alicyclic amines) is 1. The molecule has 124 valence electrons. The van der Waals surface area contributed by atoms with Gasteiger partial charge in [0.1, 0.15) is 5.75 Å². The van der Waals surface area contributed by atoms with Crippen LogP contribution in [0.1, 0.15) is 25.7 Å². The zero-order valence-corrected chi connectivity index (χ0v) is 13.9. The van der Waals surface area contributed by atoms with Crippen LogP contribution in [0.15, 0.2) is 18.2 Å². The fourth-order valence-corrected chi connectivity index (χ4v) is 3.14. The van der Waals surface area contributed by atoms with Gasteiger partial charge in [0.2, 0.25) is 11.8 Å². The van der Waals surface area contributed by atoms with Crippen molar-refractivity contribution in [1.29, 1.82) is 0 Å². The lowest BCUT2D eigenvalue weighted by atomic mass is 9.95. The van der Waals surface area contributed by atoms with Gasteiger partial charge in [0.15, 0.2) is 0 Å². The zero-order chi connectivity index (χ0) is 16.4. The van der Waals surface area contributed by atoms with E-state index in [4.69, 9.17) is 16.3 Å². The van der Waals surface area contributed by atoms with Crippen molar-refractivity contribution in [3.63, 3.8) is 0 Å². The third-order valence-corrected chi connectivity index (χ3v) is 4.76. The van der Waals surface area contributed by atoms with E-state index in [0.29, 0.717) is 42.4 Å². The van der Waals surface area contributed by atoms with Gasteiger partial charge in [-0.2, -0.15) is 0 Å². The van der Waals surface area contributed by atoms with E-state index in [9.17, 15) is 9.59 Å². The molecule has 1 aromatic rings. The van der Waals surface area contributed by atoms with E-state index in [1.807, 2.05) is 4.90 Å². The number of methoxy groups -OCH3 is 1. The number of nitrogens with one attached hydrogen (secondary N) is 1. The van der Waals surface area contributed by atoms with E-state index in [2.05, 4.69) is 5.32 Å². The van der Waals surface area contributed by atoms with Crippen molar-refractivity contribution < 1.29 is 14.3 Å². The van der Waals surface area contributed by atoms with Crippen molar-refractivity contribution in [1.82, 2.24) is 4.90 Å². The number of carbonyl (C=O) groups excluding carboxylic acids is 2. The van der Waals surface area contributed by atoms with E-state index >= 15 is 0 Å². The van der Waals surface area contributed by atoms with E-state index < -0.39 is 0 Å². The highest BCUT2D eigenvalue weighted by Gasteiger charge is 2.36. The van der Waals surface area contributed by atoms with Crippen LogP contribution < -0.4 is 10.1 Å². The topological polar surface area (TPSA) is 58.6 Å². The van der Waals surface area contributed by atoms with Gasteiger partial charge in [-0.05, 0) is 43.9 Å². The number of anilines is 1. The number of amides is 2. The largest absolute Gasteiger partial charge is 0.495 e. The first-order valence-electron chi connectivity index (χ1n) is 8.01. The van der Waals surface area contributed by atoms with Gasteiger partial charge in [-0.3, -0.25) is 9.59 Å². The molecule has 1 saturated carbocycles. The summed E-state index contributed by atoms with van der Waals surface area (Å²) in [5.41, 5.74) is 0.585. The minimum Gasteiger partial charge on any atom is -0.495 e. The van der Waals surface area contributed by atoms with Crippen molar-refractivity contribution >= 4 is 29.1 Å². The highest BCUT2D eigenvalue weighted by molar-refractivity contribution is 6.31. The Balaban J connectivity index is 1.57. The molecule has 0 bridgehead atoms. The Hall–Kier alpha value is -1.75. The third-order valence-electron chi connectivity index (χ3n) is 4.52. The van der Waals surface area contributed by atoms with Crippen LogP contribution in [0.3, 0.4) is 0 Å². The number of rotatable bonds is 4. The first-order chi connectivity index (χ1) is 11.1. The molecule has 1 aliphatic carbocycles. The van der Waals surface area contributed by atoms with Gasteiger partial charge in [-0.15, -0.1) is 0 Å². The number of hydrogen-bond donors (Lipinski definition) is 1. The van der Waals surface area contributed by atoms with Crippen molar-refractivity contribution in [2.45, 2.75) is 25.7 Å². The third kappa shape index (κ3) is 3.78. The lowest BCUT2D eigenvalue weighted by Crippen LogP contribution is -2.42. The molecule has 2 amide bonds. The molecule has 0 aromatic heterocycles. The summed E-state index contributed by atoms with van der Waals surface area (Å²) in [7, 11) is 1.56. The fraction of sp³-hybridized carbons (Fsp3) is 0.529. The van der Waals surface area contributed by atoms with Crippen LogP contribution in [-0.2, 0) is 9.59 Å². The summed E-state index contributed by atoms with van der Waals surface area (Å²) in [5.74, 6) is 0.978. The number of nitrogens with zero attached hydrogens (tertiary/aromatic N) is 1. The van der Waals surface area contributed by atoms with Crippen molar-refractivity contribution in [2.24, 2.45) is 11.8 Å². The molecular weight excluding hydrogens is 316 g/mol. The summed E-state index contributed by atoms with van der Waals surface area (Å²) in [6.45, 7) is 1.33. The number of carbonyl (C=O) groups is 2. The first kappa shape index (κ1) is 16.1. The molecule has 1 N–H and O–H groups in total. The highest BCUT2D eigenvalue weighted by atomic mass is 35.5. The second-order valence-electron chi connectivity index (χ2n) is 6.21. The van der Waals surface area contributed by atoms with E-state index in [1.165, 1.54) is 0 Å². The highest BCUT2D eigenvalue weighted by Crippen LogP contribution is 2.33. The summed E-state index contributed by atoms with van der Waals surface area (Å²) >= 11 is 5.98. The predicted molar refractivity (Wildman–Crippen MR) is 88.7 cm³/mol. The molecule has 23 heavy (non-hydrogen) atoms. The minimum atomic E-state index is -0.0815. The average molecular weight is 337 g/mol. The Kier molecular flexibility index (Phi) is 4.76. The van der Waals surface area contributed by atoms with Crippen LogP contribution in [0.5, 0.6) is 5.75 Å². The molecule has 2 aliphatic rings. The Morgan fingerprint density at radius 1 is 1.17 bits per heavy atom. The zero-order valence-electron chi connectivity index (χ0n) is 13.2. The van der Waals surface area contributed by atoms with E-state index in [1.54, 1.807) is 25.3 Å². The van der Waals surface area contributed by atoms with Gasteiger partial charge >= 0.3 is 0 Å². The minimum absolute atomic E-state index is 0.0379. The van der Waals surface area contributed by atoms with E-state index in [0.717, 1.165) is 12.8 Å². The van der Waals surface area contributed by atoms with Crippen LogP contribution in [0, 0.1) is 11.8 Å². The van der Waals surface area contributed by atoms with Crippen molar-refractivity contribution in [3.05, 3.63) is 23.2 Å². The van der Waals surface area contributed by atoms with Crippen molar-refractivity contribution in [3.8, 4) is 5.75 Å². The Morgan fingerprint density at radius 3 is 2.48 bits per heavy atom. The van der Waals surface area contributed by atoms with Crippen LogP contribution in [0.4, 0.5) is 5.69 Å². The van der Waals surface area contributed by atoms with Crippen molar-refractivity contribution in [2.75, 3.05) is 25.5 Å². The predicted octanol–water partition coefficient (Wildman–Crippen LogP) is 2.94. The van der Waals surface area contributed by atoms with Gasteiger partial charge in [0.25, 0.3) is 0 Å². The number of piperidine rings is 1. The molecule has 0 atom stereocenters. The Bertz CT molecular complexity index is 608.